The Balaban J connectivity index is 2.42. The minimum Gasteiger partial charge on any atom is -0.328 e. The van der Waals surface area contributed by atoms with Gasteiger partial charge in [0.05, 0.1) is 15.5 Å². The summed E-state index contributed by atoms with van der Waals surface area (Å²) in [6.45, 7) is 1.88. The van der Waals surface area contributed by atoms with Crippen LogP contribution in [0.25, 0.3) is 0 Å². The molecule has 0 aliphatic carbocycles. The molecule has 2 rings (SSSR count). The van der Waals surface area contributed by atoms with E-state index in [0.29, 0.717) is 18.9 Å². The molecule has 0 saturated carbocycles. The third kappa shape index (κ3) is 3.40. The van der Waals surface area contributed by atoms with Crippen LogP contribution >= 0.6 is 11.6 Å². The van der Waals surface area contributed by atoms with Crippen molar-refractivity contribution in [1.29, 1.82) is 0 Å². The van der Waals surface area contributed by atoms with Crippen molar-refractivity contribution in [2.24, 2.45) is 5.73 Å². The molecule has 1 aromatic carbocycles. The zero-order valence-corrected chi connectivity index (χ0v) is 13.3. The molecule has 1 aromatic rings. The summed E-state index contributed by atoms with van der Waals surface area (Å²) >= 11 is 5.52. The van der Waals surface area contributed by atoms with Crippen molar-refractivity contribution in [2.75, 3.05) is 6.54 Å². The van der Waals surface area contributed by atoms with E-state index in [4.69, 9.17) is 17.3 Å². The van der Waals surface area contributed by atoms with Gasteiger partial charge in [0.2, 0.25) is 10.0 Å². The molecule has 1 fully saturated rings. The smallest absolute Gasteiger partial charge is 0.328 e. The maximum absolute atomic E-state index is 12.9. The number of nitrogens with zero attached hydrogens (tertiary/aromatic N) is 1. The molecule has 0 amide bonds. The van der Waals surface area contributed by atoms with E-state index >= 15 is 0 Å². The van der Waals surface area contributed by atoms with Gasteiger partial charge in [-0.3, -0.25) is 0 Å². The van der Waals surface area contributed by atoms with Crippen molar-refractivity contribution in [3.8, 4) is 0 Å². The van der Waals surface area contributed by atoms with E-state index in [-0.39, 0.29) is 18.6 Å². The van der Waals surface area contributed by atoms with Gasteiger partial charge in [-0.1, -0.05) is 11.6 Å². The number of nitrogens with two attached hydrogens (primary N) is 1. The predicted octanol–water partition coefficient (Wildman–Crippen LogP) is 2.86. The summed E-state index contributed by atoms with van der Waals surface area (Å²) in [4.78, 5) is -0.411. The molecule has 0 unspecified atom stereocenters. The molecule has 1 saturated heterocycles. The number of alkyl halides is 3. The number of benzene rings is 1. The summed E-state index contributed by atoms with van der Waals surface area (Å²) in [6.07, 6.45) is -3.76. The van der Waals surface area contributed by atoms with Gasteiger partial charge in [0.25, 0.3) is 0 Å². The normalized spacial score (nSPS) is 24.5. The van der Waals surface area contributed by atoms with Crippen LogP contribution in [0, 0.1) is 0 Å². The number of hydrogen-bond acceptors (Lipinski definition) is 3. The molecule has 4 nitrogen and oxygen atoms in total. The third-order valence-corrected chi connectivity index (χ3v) is 6.04. The fraction of sp³-hybridized carbons (Fsp3) is 0.538. The first-order chi connectivity index (χ1) is 10.0. The van der Waals surface area contributed by atoms with Gasteiger partial charge in [-0.2, -0.15) is 17.5 Å². The molecule has 0 aromatic heterocycles. The molecule has 1 heterocycles. The number of rotatable bonds is 2. The highest BCUT2D eigenvalue weighted by Crippen LogP contribution is 2.37. The van der Waals surface area contributed by atoms with Gasteiger partial charge in [0, 0.05) is 18.6 Å². The lowest BCUT2D eigenvalue weighted by atomic mass is 10.0. The summed E-state index contributed by atoms with van der Waals surface area (Å²) in [6, 6.07) is 2.17. The van der Waals surface area contributed by atoms with Gasteiger partial charge >= 0.3 is 6.18 Å². The van der Waals surface area contributed by atoms with Gasteiger partial charge in [-0.15, -0.1) is 0 Å². The van der Waals surface area contributed by atoms with Crippen molar-refractivity contribution in [1.82, 2.24) is 4.31 Å². The Morgan fingerprint density at radius 2 is 2.00 bits per heavy atom. The Kier molecular flexibility index (Phi) is 4.77. The molecule has 0 bridgehead atoms. The van der Waals surface area contributed by atoms with E-state index in [0.717, 1.165) is 12.1 Å². The number of halogens is 4. The first-order valence-corrected chi connectivity index (χ1v) is 8.49. The van der Waals surface area contributed by atoms with Gasteiger partial charge in [-0.05, 0) is 38.0 Å². The molecule has 0 spiro atoms. The largest absolute Gasteiger partial charge is 0.417 e. The fourth-order valence-corrected chi connectivity index (χ4v) is 4.47. The van der Waals surface area contributed by atoms with Crippen molar-refractivity contribution in [3.63, 3.8) is 0 Å². The molecule has 1 aliphatic rings. The SMILES string of the molecule is C[C@H]1C[C@H](N)CCN1S(=O)(=O)c1ccc(Cl)c(C(F)(F)F)c1. The molecule has 1 aliphatic heterocycles. The second-order valence-electron chi connectivity index (χ2n) is 5.39. The van der Waals surface area contributed by atoms with Crippen LogP contribution in [0.3, 0.4) is 0 Å². The average Bonchev–Trinajstić information content (AvgIpc) is 2.36. The second kappa shape index (κ2) is 5.99. The summed E-state index contributed by atoms with van der Waals surface area (Å²) in [5.41, 5.74) is 4.63. The first-order valence-electron chi connectivity index (χ1n) is 6.67. The number of piperidine rings is 1. The minimum absolute atomic E-state index is 0.0996. The summed E-state index contributed by atoms with van der Waals surface area (Å²) in [5.74, 6) is 0. The Labute approximate surface area is 132 Å². The topological polar surface area (TPSA) is 63.4 Å². The van der Waals surface area contributed by atoms with Crippen LogP contribution in [0.4, 0.5) is 13.2 Å². The molecule has 0 radical (unpaired) electrons. The molecular formula is C13H16ClF3N2O2S. The van der Waals surface area contributed by atoms with Crippen LogP contribution in [0.15, 0.2) is 23.1 Å². The van der Waals surface area contributed by atoms with E-state index in [9.17, 15) is 21.6 Å². The Bertz CT molecular complexity index is 664. The van der Waals surface area contributed by atoms with Crippen LogP contribution in [0.2, 0.25) is 5.02 Å². The lowest BCUT2D eigenvalue weighted by Crippen LogP contribution is -2.48. The van der Waals surface area contributed by atoms with E-state index in [1.807, 2.05) is 0 Å². The maximum Gasteiger partial charge on any atom is 0.417 e. The van der Waals surface area contributed by atoms with Crippen molar-refractivity contribution >= 4 is 21.6 Å². The zero-order valence-electron chi connectivity index (χ0n) is 11.8. The Hall–Kier alpha value is -0.830. The van der Waals surface area contributed by atoms with Crippen LogP contribution in [-0.2, 0) is 16.2 Å². The lowest BCUT2D eigenvalue weighted by Gasteiger charge is -2.35. The molecule has 2 N–H and O–H groups in total. The summed E-state index contributed by atoms with van der Waals surface area (Å²) in [7, 11) is -4.02. The quantitative estimate of drug-likeness (QED) is 0.886. The van der Waals surface area contributed by atoms with Gasteiger partial charge in [-0.25, -0.2) is 8.42 Å². The van der Waals surface area contributed by atoms with Crippen molar-refractivity contribution < 1.29 is 21.6 Å². The van der Waals surface area contributed by atoms with Gasteiger partial charge < -0.3 is 5.73 Å². The first kappa shape index (κ1) is 17.5. The molecular weight excluding hydrogens is 341 g/mol. The van der Waals surface area contributed by atoms with E-state index in [2.05, 4.69) is 0 Å². The minimum atomic E-state index is -4.71. The standard InChI is InChI=1S/C13H16ClF3N2O2S/c1-8-6-9(18)4-5-19(8)22(20,21)10-2-3-12(14)11(7-10)13(15,16)17/h2-3,7-9H,4-6,18H2,1H3/t8-,9+/m0/s1. The highest BCUT2D eigenvalue weighted by Gasteiger charge is 2.37. The van der Waals surface area contributed by atoms with E-state index < -0.39 is 31.7 Å². The summed E-state index contributed by atoms with van der Waals surface area (Å²) < 4.78 is 65.0. The van der Waals surface area contributed by atoms with E-state index in [1.165, 1.54) is 4.31 Å². The van der Waals surface area contributed by atoms with Crippen LogP contribution < -0.4 is 5.73 Å². The highest BCUT2D eigenvalue weighted by atomic mass is 35.5. The van der Waals surface area contributed by atoms with E-state index in [1.54, 1.807) is 6.92 Å². The van der Waals surface area contributed by atoms with Gasteiger partial charge in [0.1, 0.15) is 0 Å². The maximum atomic E-state index is 12.9. The number of sulfonamides is 1. The highest BCUT2D eigenvalue weighted by molar-refractivity contribution is 7.89. The van der Waals surface area contributed by atoms with Gasteiger partial charge in [0.15, 0.2) is 0 Å². The monoisotopic (exact) mass is 356 g/mol. The van der Waals surface area contributed by atoms with Crippen molar-refractivity contribution in [2.45, 2.75) is 42.9 Å². The fourth-order valence-electron chi connectivity index (χ4n) is 2.56. The third-order valence-electron chi connectivity index (χ3n) is 3.71. The van der Waals surface area contributed by atoms with Crippen LogP contribution in [0.1, 0.15) is 25.3 Å². The Morgan fingerprint density at radius 3 is 2.55 bits per heavy atom. The molecule has 2 atom stereocenters. The molecule has 22 heavy (non-hydrogen) atoms. The predicted molar refractivity (Wildman–Crippen MR) is 77.0 cm³/mol. The zero-order chi connectivity index (χ0) is 16.7. The number of hydrogen-bond donors (Lipinski definition) is 1. The lowest BCUT2D eigenvalue weighted by molar-refractivity contribution is -0.137. The average molecular weight is 357 g/mol. The van der Waals surface area contributed by atoms with Crippen molar-refractivity contribution in [3.05, 3.63) is 28.8 Å². The molecule has 9 heteroatoms. The Morgan fingerprint density at radius 1 is 1.36 bits per heavy atom. The van der Waals surface area contributed by atoms with Crippen LogP contribution in [-0.4, -0.2) is 31.4 Å². The second-order valence-corrected chi connectivity index (χ2v) is 7.69. The molecule has 124 valence electrons. The summed E-state index contributed by atoms with van der Waals surface area (Å²) in [5, 5.41) is -0.528. The van der Waals surface area contributed by atoms with Crippen LogP contribution in [0.5, 0.6) is 0 Å².